The van der Waals surface area contributed by atoms with Crippen LogP contribution in [0.3, 0.4) is 0 Å². The summed E-state index contributed by atoms with van der Waals surface area (Å²) in [6.07, 6.45) is 0. The molecule has 3 aromatic carbocycles. The molecule has 1 aromatic heterocycles. The molecule has 0 spiro atoms. The molecule has 0 aliphatic carbocycles. The highest BCUT2D eigenvalue weighted by Gasteiger charge is 2.22. The van der Waals surface area contributed by atoms with Crippen molar-refractivity contribution in [2.45, 2.75) is 32.9 Å². The Hall–Kier alpha value is -3.64. The van der Waals surface area contributed by atoms with Crippen molar-refractivity contribution in [3.63, 3.8) is 0 Å². The van der Waals surface area contributed by atoms with Crippen LogP contribution in [0.1, 0.15) is 31.1 Å². The lowest BCUT2D eigenvalue weighted by atomic mass is 9.99. The van der Waals surface area contributed by atoms with Crippen LogP contribution in [0.5, 0.6) is 0 Å². The molecule has 6 nitrogen and oxygen atoms in total. The number of carbonyl (C=O) groups is 1. The Morgan fingerprint density at radius 1 is 0.906 bits per heavy atom. The molecule has 0 aliphatic rings. The molecule has 2 unspecified atom stereocenters. The first-order valence-corrected chi connectivity index (χ1v) is 10.8. The fraction of sp³-hybridized carbons (Fsp3) is 0.231. The zero-order chi connectivity index (χ0) is 22.8. The van der Waals surface area contributed by atoms with E-state index in [4.69, 9.17) is 0 Å². The molecule has 1 heterocycles. The standard InChI is InChI=1S/C26H28N4O2/c1-17(22-16-10-12-20-11-8-9-15-23(20)22)27-18(2)25(31)28-24-19(3)29(4)30(26(24)32)21-13-6-5-7-14-21/h5-18,27H,1-4H3,(H,28,31). The molecule has 0 saturated carbocycles. The summed E-state index contributed by atoms with van der Waals surface area (Å²) in [4.78, 5) is 26.0. The predicted octanol–water partition coefficient (Wildman–Crippen LogP) is 4.32. The van der Waals surface area contributed by atoms with Gasteiger partial charge in [0, 0.05) is 13.1 Å². The van der Waals surface area contributed by atoms with Gasteiger partial charge in [-0.3, -0.25) is 19.6 Å². The van der Waals surface area contributed by atoms with Crippen molar-refractivity contribution in [3.05, 3.63) is 94.4 Å². The van der Waals surface area contributed by atoms with Gasteiger partial charge in [0.05, 0.1) is 17.4 Å². The molecular formula is C26H28N4O2. The van der Waals surface area contributed by atoms with Gasteiger partial charge in [0.25, 0.3) is 5.56 Å². The third-order valence-electron chi connectivity index (χ3n) is 5.99. The number of carbonyl (C=O) groups excluding carboxylic acids is 1. The average Bonchev–Trinajstić information content (AvgIpc) is 3.02. The molecule has 4 rings (SSSR count). The summed E-state index contributed by atoms with van der Waals surface area (Å²) in [6, 6.07) is 23.2. The molecule has 6 heteroatoms. The van der Waals surface area contributed by atoms with Crippen molar-refractivity contribution in [1.82, 2.24) is 14.7 Å². The second-order valence-electron chi connectivity index (χ2n) is 8.10. The van der Waals surface area contributed by atoms with Gasteiger partial charge in [0.2, 0.25) is 5.91 Å². The zero-order valence-corrected chi connectivity index (χ0v) is 18.8. The Morgan fingerprint density at radius 3 is 2.31 bits per heavy atom. The summed E-state index contributed by atoms with van der Waals surface area (Å²) in [5.41, 5.74) is 2.62. The van der Waals surface area contributed by atoms with Crippen molar-refractivity contribution in [3.8, 4) is 5.69 Å². The lowest BCUT2D eigenvalue weighted by Crippen LogP contribution is -2.40. The van der Waals surface area contributed by atoms with E-state index in [2.05, 4.69) is 34.9 Å². The molecule has 0 radical (unpaired) electrons. The number of benzene rings is 3. The van der Waals surface area contributed by atoms with E-state index in [0.29, 0.717) is 11.4 Å². The molecule has 0 saturated heterocycles. The van der Waals surface area contributed by atoms with Crippen LogP contribution in [0.25, 0.3) is 16.5 Å². The van der Waals surface area contributed by atoms with Crippen molar-refractivity contribution in [1.29, 1.82) is 0 Å². The Bertz CT molecular complexity index is 1320. The number of nitrogens with zero attached hydrogens (tertiary/aromatic N) is 2. The van der Waals surface area contributed by atoms with Gasteiger partial charge in [-0.25, -0.2) is 4.68 Å². The smallest absolute Gasteiger partial charge is 0.295 e. The zero-order valence-electron chi connectivity index (χ0n) is 18.8. The van der Waals surface area contributed by atoms with E-state index in [1.54, 1.807) is 9.36 Å². The molecule has 2 atom stereocenters. The highest BCUT2D eigenvalue weighted by Crippen LogP contribution is 2.24. The van der Waals surface area contributed by atoms with Gasteiger partial charge in [-0.1, -0.05) is 60.7 Å². The minimum atomic E-state index is -0.492. The van der Waals surface area contributed by atoms with Crippen molar-refractivity contribution < 1.29 is 4.79 Å². The average molecular weight is 429 g/mol. The number of anilines is 1. The SMILES string of the molecule is Cc1c(NC(=O)C(C)NC(C)c2cccc3ccccc23)c(=O)n(-c2ccccc2)n1C. The highest BCUT2D eigenvalue weighted by atomic mass is 16.2. The Kier molecular flexibility index (Phi) is 5.97. The number of amides is 1. The number of hydrogen-bond acceptors (Lipinski definition) is 3. The Labute approximate surface area is 187 Å². The van der Waals surface area contributed by atoms with E-state index in [0.717, 1.165) is 22.0 Å². The lowest BCUT2D eigenvalue weighted by Gasteiger charge is -2.21. The van der Waals surface area contributed by atoms with Crippen LogP contribution in [-0.2, 0) is 11.8 Å². The van der Waals surface area contributed by atoms with Crippen LogP contribution in [-0.4, -0.2) is 21.3 Å². The van der Waals surface area contributed by atoms with Crippen molar-refractivity contribution in [2.75, 3.05) is 5.32 Å². The van der Waals surface area contributed by atoms with Gasteiger partial charge in [-0.05, 0) is 49.2 Å². The summed E-state index contributed by atoms with van der Waals surface area (Å²) in [5.74, 6) is -0.247. The van der Waals surface area contributed by atoms with Crippen LogP contribution in [0, 0.1) is 6.92 Å². The van der Waals surface area contributed by atoms with Gasteiger partial charge >= 0.3 is 0 Å². The molecular weight excluding hydrogens is 400 g/mol. The quantitative estimate of drug-likeness (QED) is 0.481. The monoisotopic (exact) mass is 428 g/mol. The van der Waals surface area contributed by atoms with Crippen LogP contribution in [0.4, 0.5) is 5.69 Å². The maximum atomic E-state index is 13.1. The molecule has 4 aromatic rings. The van der Waals surface area contributed by atoms with Gasteiger partial charge < -0.3 is 5.32 Å². The normalized spacial score (nSPS) is 13.1. The lowest BCUT2D eigenvalue weighted by molar-refractivity contribution is -0.117. The topological polar surface area (TPSA) is 68.1 Å². The number of fused-ring (bicyclic) bond motifs is 1. The second-order valence-corrected chi connectivity index (χ2v) is 8.10. The van der Waals surface area contributed by atoms with Crippen molar-refractivity contribution >= 4 is 22.4 Å². The summed E-state index contributed by atoms with van der Waals surface area (Å²) in [7, 11) is 1.81. The number of aromatic nitrogens is 2. The van der Waals surface area contributed by atoms with E-state index in [1.807, 2.05) is 76.3 Å². The summed E-state index contributed by atoms with van der Waals surface area (Å²) < 4.78 is 3.31. The predicted molar refractivity (Wildman–Crippen MR) is 129 cm³/mol. The van der Waals surface area contributed by atoms with Gasteiger partial charge in [-0.15, -0.1) is 0 Å². The molecule has 0 aliphatic heterocycles. The number of para-hydroxylation sites is 1. The molecule has 0 fully saturated rings. The largest absolute Gasteiger partial charge is 0.319 e. The third-order valence-corrected chi connectivity index (χ3v) is 5.99. The maximum absolute atomic E-state index is 13.1. The summed E-state index contributed by atoms with van der Waals surface area (Å²) in [5, 5.41) is 8.54. The minimum absolute atomic E-state index is 0.0419. The first kappa shape index (κ1) is 21.6. The van der Waals surface area contributed by atoms with Crippen molar-refractivity contribution in [2.24, 2.45) is 7.05 Å². The molecule has 164 valence electrons. The molecule has 32 heavy (non-hydrogen) atoms. The summed E-state index contributed by atoms with van der Waals surface area (Å²) >= 11 is 0. The van der Waals surface area contributed by atoms with Crippen LogP contribution >= 0.6 is 0 Å². The number of rotatable bonds is 6. The maximum Gasteiger partial charge on any atom is 0.295 e. The minimum Gasteiger partial charge on any atom is -0.319 e. The first-order chi connectivity index (χ1) is 15.4. The Balaban J connectivity index is 1.54. The van der Waals surface area contributed by atoms with Gasteiger partial charge in [0.1, 0.15) is 5.69 Å². The van der Waals surface area contributed by atoms with Gasteiger partial charge in [0.15, 0.2) is 0 Å². The fourth-order valence-electron chi connectivity index (χ4n) is 4.11. The first-order valence-electron chi connectivity index (χ1n) is 10.8. The molecule has 2 N–H and O–H groups in total. The van der Waals surface area contributed by atoms with Crippen LogP contribution in [0.15, 0.2) is 77.6 Å². The molecule has 0 bridgehead atoms. The highest BCUT2D eigenvalue weighted by molar-refractivity contribution is 5.95. The summed E-state index contributed by atoms with van der Waals surface area (Å²) in [6.45, 7) is 5.68. The van der Waals surface area contributed by atoms with Crippen LogP contribution in [0.2, 0.25) is 0 Å². The van der Waals surface area contributed by atoms with E-state index < -0.39 is 6.04 Å². The number of hydrogen-bond donors (Lipinski definition) is 2. The van der Waals surface area contributed by atoms with Gasteiger partial charge in [-0.2, -0.15) is 0 Å². The van der Waals surface area contributed by atoms with E-state index in [-0.39, 0.29) is 17.5 Å². The number of nitrogens with one attached hydrogen (secondary N) is 2. The molecule has 1 amide bonds. The fourth-order valence-corrected chi connectivity index (χ4v) is 4.11. The van der Waals surface area contributed by atoms with E-state index in [9.17, 15) is 9.59 Å². The Morgan fingerprint density at radius 2 is 1.56 bits per heavy atom. The third kappa shape index (κ3) is 3.97. The van der Waals surface area contributed by atoms with Crippen LogP contribution < -0.4 is 16.2 Å². The van der Waals surface area contributed by atoms with E-state index in [1.165, 1.54) is 0 Å². The second kappa shape index (κ2) is 8.85. The van der Waals surface area contributed by atoms with E-state index >= 15 is 0 Å².